The molecule has 0 radical (unpaired) electrons. The van der Waals surface area contributed by atoms with Crippen molar-refractivity contribution < 1.29 is 9.84 Å². The van der Waals surface area contributed by atoms with Crippen LogP contribution in [0.1, 0.15) is 42.9 Å². The number of aliphatic hydroxyl groups excluding tert-OH is 1. The molecule has 3 nitrogen and oxygen atoms in total. The Bertz CT molecular complexity index is 375. The van der Waals surface area contributed by atoms with Crippen molar-refractivity contribution in [1.82, 2.24) is 5.32 Å². The first kappa shape index (κ1) is 15.0. The van der Waals surface area contributed by atoms with Crippen LogP contribution in [-0.4, -0.2) is 25.4 Å². The van der Waals surface area contributed by atoms with Gasteiger partial charge in [-0.15, -0.1) is 0 Å². The molecular weight excluding hydrogens is 226 g/mol. The van der Waals surface area contributed by atoms with Crippen LogP contribution in [0.5, 0.6) is 5.75 Å². The lowest BCUT2D eigenvalue weighted by molar-refractivity contribution is 0.286. The molecule has 0 aliphatic heterocycles. The Hall–Kier alpha value is -1.06. The second-order valence-electron chi connectivity index (χ2n) is 4.93. The van der Waals surface area contributed by atoms with Gasteiger partial charge < -0.3 is 15.2 Å². The topological polar surface area (TPSA) is 41.5 Å². The summed E-state index contributed by atoms with van der Waals surface area (Å²) >= 11 is 0. The van der Waals surface area contributed by atoms with Crippen LogP contribution in [0.2, 0.25) is 0 Å². The zero-order valence-electron chi connectivity index (χ0n) is 11.9. The molecule has 0 saturated carbocycles. The lowest BCUT2D eigenvalue weighted by Gasteiger charge is -2.16. The summed E-state index contributed by atoms with van der Waals surface area (Å²) in [5.74, 6) is 1.43. The van der Waals surface area contributed by atoms with Crippen molar-refractivity contribution in [2.75, 3.05) is 20.3 Å². The predicted molar refractivity (Wildman–Crippen MR) is 75.2 cm³/mol. The van der Waals surface area contributed by atoms with Crippen LogP contribution in [0.25, 0.3) is 0 Å². The highest BCUT2D eigenvalue weighted by atomic mass is 16.5. The molecule has 0 aliphatic carbocycles. The Morgan fingerprint density at radius 1 is 1.33 bits per heavy atom. The fraction of sp³-hybridized carbons (Fsp3) is 0.600. The summed E-state index contributed by atoms with van der Waals surface area (Å²) in [5, 5.41) is 12.1. The van der Waals surface area contributed by atoms with Crippen molar-refractivity contribution in [3.05, 3.63) is 28.8 Å². The molecule has 18 heavy (non-hydrogen) atoms. The molecule has 0 aliphatic rings. The molecule has 102 valence electrons. The molecule has 0 unspecified atom stereocenters. The van der Waals surface area contributed by atoms with Gasteiger partial charge >= 0.3 is 0 Å². The van der Waals surface area contributed by atoms with Crippen molar-refractivity contribution >= 4 is 0 Å². The van der Waals surface area contributed by atoms with Gasteiger partial charge in [-0.05, 0) is 48.6 Å². The van der Waals surface area contributed by atoms with Gasteiger partial charge in [0.15, 0.2) is 0 Å². The summed E-state index contributed by atoms with van der Waals surface area (Å²) in [4.78, 5) is 0. The molecule has 0 aromatic heterocycles. The number of benzene rings is 1. The zero-order chi connectivity index (χ0) is 13.5. The maximum Gasteiger partial charge on any atom is 0.122 e. The van der Waals surface area contributed by atoms with E-state index in [1.165, 1.54) is 16.7 Å². The van der Waals surface area contributed by atoms with Crippen molar-refractivity contribution in [3.63, 3.8) is 0 Å². The number of nitrogens with one attached hydrogen (secondary N) is 1. The van der Waals surface area contributed by atoms with E-state index in [1.807, 2.05) is 0 Å². The average Bonchev–Trinajstić information content (AvgIpc) is 2.35. The third kappa shape index (κ3) is 4.00. The van der Waals surface area contributed by atoms with Crippen LogP contribution < -0.4 is 10.1 Å². The molecule has 0 atom stereocenters. The smallest absolute Gasteiger partial charge is 0.122 e. The Balaban J connectivity index is 2.81. The fourth-order valence-corrected chi connectivity index (χ4v) is 1.99. The molecule has 1 aromatic carbocycles. The average molecular weight is 251 g/mol. The van der Waals surface area contributed by atoms with E-state index in [1.54, 1.807) is 7.11 Å². The van der Waals surface area contributed by atoms with Crippen molar-refractivity contribution in [3.8, 4) is 5.75 Å². The molecular formula is C15H25NO2. The van der Waals surface area contributed by atoms with Gasteiger partial charge in [-0.3, -0.25) is 0 Å². The number of hydrogen-bond donors (Lipinski definition) is 2. The summed E-state index contributed by atoms with van der Waals surface area (Å²) in [5.41, 5.74) is 3.80. The van der Waals surface area contributed by atoms with E-state index in [2.05, 4.69) is 38.2 Å². The highest BCUT2D eigenvalue weighted by molar-refractivity contribution is 5.43. The second-order valence-corrected chi connectivity index (χ2v) is 4.93. The highest BCUT2D eigenvalue weighted by Crippen LogP contribution is 2.29. The molecule has 0 amide bonds. The third-order valence-electron chi connectivity index (χ3n) is 3.14. The van der Waals surface area contributed by atoms with Crippen LogP contribution in [0.3, 0.4) is 0 Å². The van der Waals surface area contributed by atoms with Gasteiger partial charge in [0.05, 0.1) is 7.11 Å². The first-order valence-corrected chi connectivity index (χ1v) is 6.59. The molecule has 0 bridgehead atoms. The Morgan fingerprint density at radius 3 is 2.61 bits per heavy atom. The number of rotatable bonds is 7. The van der Waals surface area contributed by atoms with Gasteiger partial charge in [-0.1, -0.05) is 19.9 Å². The van der Waals surface area contributed by atoms with Crippen LogP contribution in [0.15, 0.2) is 12.1 Å². The maximum atomic E-state index is 8.75. The van der Waals surface area contributed by atoms with E-state index < -0.39 is 0 Å². The molecule has 0 spiro atoms. The van der Waals surface area contributed by atoms with E-state index in [0.717, 1.165) is 25.3 Å². The summed E-state index contributed by atoms with van der Waals surface area (Å²) in [6, 6.07) is 4.34. The van der Waals surface area contributed by atoms with Crippen LogP contribution in [0.4, 0.5) is 0 Å². The summed E-state index contributed by atoms with van der Waals surface area (Å²) in [6.07, 6.45) is 0.798. The highest BCUT2D eigenvalue weighted by Gasteiger charge is 2.10. The standard InChI is InChI=1S/C15H25NO2/c1-11(2)14-9-13(10-16-6-5-7-17)12(3)8-15(14)18-4/h8-9,11,16-17H,5-7,10H2,1-4H3. The largest absolute Gasteiger partial charge is 0.496 e. The maximum absolute atomic E-state index is 8.75. The quantitative estimate of drug-likeness (QED) is 0.732. The monoisotopic (exact) mass is 251 g/mol. The summed E-state index contributed by atoms with van der Waals surface area (Å²) in [6.45, 7) is 8.39. The van der Waals surface area contributed by atoms with E-state index in [4.69, 9.17) is 9.84 Å². The Labute approximate surface area is 110 Å². The third-order valence-corrected chi connectivity index (χ3v) is 3.14. The lowest BCUT2D eigenvalue weighted by atomic mass is 9.96. The first-order valence-electron chi connectivity index (χ1n) is 6.59. The molecule has 0 saturated heterocycles. The molecule has 1 aromatic rings. The van der Waals surface area contributed by atoms with Gasteiger partial charge in [-0.25, -0.2) is 0 Å². The van der Waals surface area contributed by atoms with Gasteiger partial charge in [-0.2, -0.15) is 0 Å². The van der Waals surface area contributed by atoms with Crippen LogP contribution >= 0.6 is 0 Å². The molecule has 1 rings (SSSR count). The van der Waals surface area contributed by atoms with Gasteiger partial charge in [0, 0.05) is 13.2 Å². The Morgan fingerprint density at radius 2 is 2.06 bits per heavy atom. The van der Waals surface area contributed by atoms with Crippen molar-refractivity contribution in [2.24, 2.45) is 0 Å². The number of aliphatic hydroxyl groups is 1. The first-order chi connectivity index (χ1) is 8.60. The number of ether oxygens (including phenoxy) is 1. The molecule has 0 heterocycles. The Kier molecular flexibility index (Phi) is 6.16. The minimum Gasteiger partial charge on any atom is -0.496 e. The molecule has 0 fully saturated rings. The summed E-state index contributed by atoms with van der Waals surface area (Å²) < 4.78 is 5.43. The van der Waals surface area contributed by atoms with Gasteiger partial charge in [0.25, 0.3) is 0 Å². The van der Waals surface area contributed by atoms with E-state index in [9.17, 15) is 0 Å². The van der Waals surface area contributed by atoms with Gasteiger partial charge in [0.1, 0.15) is 5.75 Å². The number of methoxy groups -OCH3 is 1. The van der Waals surface area contributed by atoms with Crippen molar-refractivity contribution in [1.29, 1.82) is 0 Å². The van der Waals surface area contributed by atoms with E-state index >= 15 is 0 Å². The number of aryl methyl sites for hydroxylation is 1. The van der Waals surface area contributed by atoms with Gasteiger partial charge in [0.2, 0.25) is 0 Å². The summed E-state index contributed by atoms with van der Waals surface area (Å²) in [7, 11) is 1.72. The predicted octanol–water partition coefficient (Wildman–Crippen LogP) is 2.60. The van der Waals surface area contributed by atoms with Crippen LogP contribution in [0, 0.1) is 6.92 Å². The normalized spacial score (nSPS) is 11.0. The fourth-order valence-electron chi connectivity index (χ4n) is 1.99. The van der Waals surface area contributed by atoms with E-state index in [-0.39, 0.29) is 6.61 Å². The minimum atomic E-state index is 0.242. The SMILES string of the molecule is COc1cc(C)c(CNCCCO)cc1C(C)C. The zero-order valence-corrected chi connectivity index (χ0v) is 11.9. The van der Waals surface area contributed by atoms with Crippen LogP contribution in [-0.2, 0) is 6.54 Å². The second kappa shape index (κ2) is 7.39. The molecule has 3 heteroatoms. The van der Waals surface area contributed by atoms with Crippen molar-refractivity contribution in [2.45, 2.75) is 39.7 Å². The van der Waals surface area contributed by atoms with E-state index in [0.29, 0.717) is 5.92 Å². The minimum absolute atomic E-state index is 0.242. The molecule has 2 N–H and O–H groups in total. The number of hydrogen-bond acceptors (Lipinski definition) is 3. The lowest BCUT2D eigenvalue weighted by Crippen LogP contribution is -2.16.